The Morgan fingerprint density at radius 3 is 2.24 bits per heavy atom. The number of amides is 1. The lowest BCUT2D eigenvalue weighted by Gasteiger charge is -2.14. The van der Waals surface area contributed by atoms with Gasteiger partial charge in [-0.25, -0.2) is 4.79 Å². The van der Waals surface area contributed by atoms with Crippen molar-refractivity contribution in [2.24, 2.45) is 0 Å². The highest BCUT2D eigenvalue weighted by molar-refractivity contribution is 5.99. The summed E-state index contributed by atoms with van der Waals surface area (Å²) in [5.74, 6) is -0.803. The molecule has 0 aliphatic carbocycles. The van der Waals surface area contributed by atoms with E-state index >= 15 is 0 Å². The first-order chi connectivity index (χ1) is 11.9. The third kappa shape index (κ3) is 4.67. The van der Waals surface area contributed by atoms with Gasteiger partial charge in [0.2, 0.25) is 0 Å². The van der Waals surface area contributed by atoms with Crippen LogP contribution in [0.3, 0.4) is 0 Å². The molecule has 25 heavy (non-hydrogen) atoms. The first kappa shape index (κ1) is 18.2. The van der Waals surface area contributed by atoms with Crippen LogP contribution >= 0.6 is 0 Å². The fourth-order valence-corrected chi connectivity index (χ4v) is 2.12. The molecule has 1 N–H and O–H groups in total. The molecule has 0 aliphatic rings. The van der Waals surface area contributed by atoms with Gasteiger partial charge in [-0.15, -0.1) is 0 Å². The Bertz CT molecular complexity index is 783. The summed E-state index contributed by atoms with van der Waals surface area (Å²) in [4.78, 5) is 35.6. The van der Waals surface area contributed by atoms with Crippen molar-refractivity contribution in [3.05, 3.63) is 59.7 Å². The van der Waals surface area contributed by atoms with Crippen LogP contribution in [0.2, 0.25) is 0 Å². The monoisotopic (exact) mass is 341 g/mol. The van der Waals surface area contributed by atoms with Crippen molar-refractivity contribution < 1.29 is 23.9 Å². The van der Waals surface area contributed by atoms with Crippen LogP contribution in [0.15, 0.2) is 48.5 Å². The Kier molecular flexibility index (Phi) is 5.89. The molecule has 130 valence electrons. The van der Waals surface area contributed by atoms with E-state index < -0.39 is 18.0 Å². The Hall–Kier alpha value is -3.15. The predicted molar refractivity (Wildman–Crippen MR) is 92.9 cm³/mol. The quantitative estimate of drug-likeness (QED) is 0.645. The fourth-order valence-electron chi connectivity index (χ4n) is 2.12. The number of hydrogen-bond donors (Lipinski definition) is 1. The second-order valence-corrected chi connectivity index (χ2v) is 5.37. The molecule has 1 amide bonds. The predicted octanol–water partition coefficient (Wildman–Crippen LogP) is 3.08. The van der Waals surface area contributed by atoms with Gasteiger partial charge in [-0.1, -0.05) is 12.1 Å². The molecule has 6 heteroatoms. The maximum Gasteiger partial charge on any atom is 0.342 e. The third-order valence-electron chi connectivity index (χ3n) is 3.54. The Morgan fingerprint density at radius 1 is 1.00 bits per heavy atom. The molecule has 0 spiro atoms. The van der Waals surface area contributed by atoms with Crippen LogP contribution in [0, 0.1) is 0 Å². The summed E-state index contributed by atoms with van der Waals surface area (Å²) in [6.07, 6.45) is -0.995. The molecule has 2 aromatic carbocycles. The van der Waals surface area contributed by atoms with E-state index in [0.717, 1.165) is 0 Å². The standard InChI is InChI=1S/C19H19NO5/c1-12(21)14-8-10-15(11-9-14)20-18(22)13(2)25-19(23)16-6-4-5-7-17(16)24-3/h4-11,13H,1-3H3,(H,20,22)/t13-/m0/s1. The zero-order chi connectivity index (χ0) is 18.4. The molecule has 0 bridgehead atoms. The Balaban J connectivity index is 2.00. The number of methoxy groups -OCH3 is 1. The molecule has 0 fully saturated rings. The van der Waals surface area contributed by atoms with Gasteiger partial charge in [0.05, 0.1) is 7.11 Å². The van der Waals surface area contributed by atoms with Crippen molar-refractivity contribution in [2.45, 2.75) is 20.0 Å². The molecule has 6 nitrogen and oxygen atoms in total. The summed E-state index contributed by atoms with van der Waals surface area (Å²) in [5.41, 5.74) is 1.30. The SMILES string of the molecule is COc1ccccc1C(=O)O[C@@H](C)C(=O)Nc1ccc(C(C)=O)cc1. The molecule has 0 unspecified atom stereocenters. The first-order valence-electron chi connectivity index (χ1n) is 7.68. The van der Waals surface area contributed by atoms with Crippen molar-refractivity contribution in [1.82, 2.24) is 0 Å². The summed E-state index contributed by atoms with van der Waals surface area (Å²) in [6, 6.07) is 13.1. The van der Waals surface area contributed by atoms with E-state index in [4.69, 9.17) is 9.47 Å². The highest BCUT2D eigenvalue weighted by Gasteiger charge is 2.21. The number of nitrogens with one attached hydrogen (secondary N) is 1. The zero-order valence-corrected chi connectivity index (χ0v) is 14.2. The summed E-state index contributed by atoms with van der Waals surface area (Å²) in [7, 11) is 1.45. The number of carbonyl (C=O) groups excluding carboxylic acids is 3. The number of para-hydroxylation sites is 1. The molecule has 0 saturated carbocycles. The first-order valence-corrected chi connectivity index (χ1v) is 7.68. The molecule has 0 heterocycles. The van der Waals surface area contributed by atoms with Gasteiger partial charge >= 0.3 is 5.97 Å². The highest BCUT2D eigenvalue weighted by atomic mass is 16.5. The van der Waals surface area contributed by atoms with E-state index in [1.54, 1.807) is 48.5 Å². The van der Waals surface area contributed by atoms with Crippen molar-refractivity contribution >= 4 is 23.3 Å². The lowest BCUT2D eigenvalue weighted by molar-refractivity contribution is -0.123. The van der Waals surface area contributed by atoms with Gasteiger partial charge < -0.3 is 14.8 Å². The smallest absolute Gasteiger partial charge is 0.342 e. The number of hydrogen-bond acceptors (Lipinski definition) is 5. The van der Waals surface area contributed by atoms with Crippen LogP contribution < -0.4 is 10.1 Å². The van der Waals surface area contributed by atoms with Crippen molar-refractivity contribution in [2.75, 3.05) is 12.4 Å². The third-order valence-corrected chi connectivity index (χ3v) is 3.54. The maximum atomic E-state index is 12.2. The Labute approximate surface area is 145 Å². The minimum Gasteiger partial charge on any atom is -0.496 e. The summed E-state index contributed by atoms with van der Waals surface area (Å²) in [5, 5.41) is 2.63. The van der Waals surface area contributed by atoms with Crippen LogP contribution in [0.25, 0.3) is 0 Å². The van der Waals surface area contributed by atoms with Crippen molar-refractivity contribution in [3.63, 3.8) is 0 Å². The summed E-state index contributed by atoms with van der Waals surface area (Å²) in [6.45, 7) is 2.94. The molecule has 2 rings (SSSR count). The second-order valence-electron chi connectivity index (χ2n) is 5.37. The second kappa shape index (κ2) is 8.10. The summed E-state index contributed by atoms with van der Waals surface area (Å²) < 4.78 is 10.3. The van der Waals surface area contributed by atoms with E-state index in [1.807, 2.05) is 0 Å². The van der Waals surface area contributed by atoms with Crippen LogP contribution in [0.4, 0.5) is 5.69 Å². The van der Waals surface area contributed by atoms with Crippen LogP contribution in [0.1, 0.15) is 34.6 Å². The molecule has 0 aromatic heterocycles. The molecule has 0 aliphatic heterocycles. The molecule has 0 radical (unpaired) electrons. The lowest BCUT2D eigenvalue weighted by Crippen LogP contribution is -2.30. The minimum absolute atomic E-state index is 0.0583. The number of ketones is 1. The summed E-state index contributed by atoms with van der Waals surface area (Å²) >= 11 is 0. The van der Waals surface area contributed by atoms with Gasteiger partial charge in [0.15, 0.2) is 11.9 Å². The number of ether oxygens (including phenoxy) is 2. The van der Waals surface area contributed by atoms with E-state index in [0.29, 0.717) is 17.0 Å². The minimum atomic E-state index is -0.995. The van der Waals surface area contributed by atoms with Gasteiger partial charge in [0.25, 0.3) is 5.91 Å². The number of Topliss-reactive ketones (excluding diaryl/α,β-unsaturated/α-hetero) is 1. The fraction of sp³-hybridized carbons (Fsp3) is 0.211. The van der Waals surface area contributed by atoms with E-state index in [2.05, 4.69) is 5.32 Å². The maximum absolute atomic E-state index is 12.2. The molecule has 0 saturated heterocycles. The zero-order valence-electron chi connectivity index (χ0n) is 14.2. The average Bonchev–Trinajstić information content (AvgIpc) is 2.61. The van der Waals surface area contributed by atoms with Crippen molar-refractivity contribution in [3.8, 4) is 5.75 Å². The molecular formula is C19H19NO5. The largest absolute Gasteiger partial charge is 0.496 e. The molecular weight excluding hydrogens is 322 g/mol. The van der Waals surface area contributed by atoms with E-state index in [-0.39, 0.29) is 11.3 Å². The molecule has 1 atom stereocenters. The number of carbonyl (C=O) groups is 3. The van der Waals surface area contributed by atoms with Gasteiger partial charge in [-0.05, 0) is 50.2 Å². The number of anilines is 1. The topological polar surface area (TPSA) is 81.7 Å². The Morgan fingerprint density at radius 2 is 1.64 bits per heavy atom. The van der Waals surface area contributed by atoms with E-state index in [1.165, 1.54) is 21.0 Å². The van der Waals surface area contributed by atoms with Gasteiger partial charge in [-0.2, -0.15) is 0 Å². The van der Waals surface area contributed by atoms with Crippen LogP contribution in [-0.2, 0) is 9.53 Å². The molecule has 2 aromatic rings. The normalized spacial score (nSPS) is 11.3. The van der Waals surface area contributed by atoms with Gasteiger partial charge in [0, 0.05) is 11.3 Å². The van der Waals surface area contributed by atoms with E-state index in [9.17, 15) is 14.4 Å². The van der Waals surface area contributed by atoms with Gasteiger partial charge in [-0.3, -0.25) is 9.59 Å². The van der Waals surface area contributed by atoms with Gasteiger partial charge in [0.1, 0.15) is 11.3 Å². The van der Waals surface area contributed by atoms with Crippen LogP contribution in [-0.4, -0.2) is 30.9 Å². The number of benzene rings is 2. The van der Waals surface area contributed by atoms with Crippen LogP contribution in [0.5, 0.6) is 5.75 Å². The van der Waals surface area contributed by atoms with Crippen molar-refractivity contribution in [1.29, 1.82) is 0 Å². The number of esters is 1. The average molecular weight is 341 g/mol. The lowest BCUT2D eigenvalue weighted by atomic mass is 10.1. The highest BCUT2D eigenvalue weighted by Crippen LogP contribution is 2.19. The number of rotatable bonds is 6.